The van der Waals surface area contributed by atoms with Gasteiger partial charge in [0.2, 0.25) is 0 Å². The lowest BCUT2D eigenvalue weighted by Gasteiger charge is -2.13. The largest absolute Gasteiger partial charge is 0.496 e. The SMILES string of the molecule is COc1ccccc1CC[NH2+]Cc1cc(OC)c(OC)cc1OC. The van der Waals surface area contributed by atoms with E-state index in [0.717, 1.165) is 36.6 Å². The maximum absolute atomic E-state index is 5.46. The Morgan fingerprint density at radius 1 is 0.708 bits per heavy atom. The van der Waals surface area contributed by atoms with Crippen LogP contribution in [-0.2, 0) is 13.0 Å². The molecule has 0 aliphatic rings. The number of hydrogen-bond donors (Lipinski definition) is 1. The highest BCUT2D eigenvalue weighted by Crippen LogP contribution is 2.34. The minimum absolute atomic E-state index is 0.673. The molecule has 0 aromatic heterocycles. The number of hydrogen-bond acceptors (Lipinski definition) is 4. The Labute approximate surface area is 143 Å². The van der Waals surface area contributed by atoms with Crippen molar-refractivity contribution < 1.29 is 24.3 Å². The number of para-hydroxylation sites is 1. The maximum Gasteiger partial charge on any atom is 0.164 e. The van der Waals surface area contributed by atoms with E-state index in [-0.39, 0.29) is 0 Å². The van der Waals surface area contributed by atoms with E-state index in [1.807, 2.05) is 30.3 Å². The first-order valence-corrected chi connectivity index (χ1v) is 7.96. The highest BCUT2D eigenvalue weighted by Gasteiger charge is 2.13. The number of rotatable bonds is 9. The van der Waals surface area contributed by atoms with Gasteiger partial charge >= 0.3 is 0 Å². The summed E-state index contributed by atoms with van der Waals surface area (Å²) in [6.07, 6.45) is 0.944. The van der Waals surface area contributed by atoms with Crippen molar-refractivity contribution >= 4 is 0 Å². The van der Waals surface area contributed by atoms with Gasteiger partial charge in [-0.25, -0.2) is 0 Å². The summed E-state index contributed by atoms with van der Waals surface area (Å²) in [4.78, 5) is 0. The average molecular weight is 332 g/mol. The molecule has 130 valence electrons. The van der Waals surface area contributed by atoms with Crippen LogP contribution in [0.15, 0.2) is 36.4 Å². The first-order chi connectivity index (χ1) is 11.7. The third-order valence-corrected chi connectivity index (χ3v) is 3.96. The summed E-state index contributed by atoms with van der Waals surface area (Å²) in [5, 5.41) is 2.25. The van der Waals surface area contributed by atoms with Crippen molar-refractivity contribution in [3.63, 3.8) is 0 Å². The Morgan fingerprint density at radius 2 is 1.33 bits per heavy atom. The Morgan fingerprint density at radius 3 is 2.00 bits per heavy atom. The van der Waals surface area contributed by atoms with Crippen molar-refractivity contribution in [3.05, 3.63) is 47.5 Å². The number of benzene rings is 2. The summed E-state index contributed by atoms with van der Waals surface area (Å²) in [5.74, 6) is 3.13. The van der Waals surface area contributed by atoms with Crippen molar-refractivity contribution in [3.8, 4) is 23.0 Å². The molecule has 2 rings (SSSR count). The molecule has 0 unspecified atom stereocenters. The molecule has 5 heteroatoms. The predicted octanol–water partition coefficient (Wildman–Crippen LogP) is 2.03. The molecule has 0 amide bonds. The molecule has 0 bridgehead atoms. The van der Waals surface area contributed by atoms with Crippen molar-refractivity contribution in [2.75, 3.05) is 35.0 Å². The monoisotopic (exact) mass is 332 g/mol. The standard InChI is InChI=1S/C19H25NO4/c1-21-16-8-6-5-7-14(16)9-10-20-13-15-11-18(23-3)19(24-4)12-17(15)22-2/h5-8,11-12,20H,9-10,13H2,1-4H3/p+1. The Hall–Kier alpha value is -2.40. The molecule has 0 saturated carbocycles. The Bertz CT molecular complexity index is 658. The van der Waals surface area contributed by atoms with Crippen LogP contribution in [0.4, 0.5) is 0 Å². The van der Waals surface area contributed by atoms with Crippen LogP contribution in [0.25, 0.3) is 0 Å². The molecule has 0 atom stereocenters. The zero-order valence-corrected chi connectivity index (χ0v) is 14.8. The summed E-state index contributed by atoms with van der Waals surface area (Å²) in [7, 11) is 6.63. The second-order valence-corrected chi connectivity index (χ2v) is 5.36. The molecule has 2 aromatic carbocycles. The predicted molar refractivity (Wildman–Crippen MR) is 93.3 cm³/mol. The smallest absolute Gasteiger partial charge is 0.164 e. The topological polar surface area (TPSA) is 53.5 Å². The minimum Gasteiger partial charge on any atom is -0.496 e. The Kier molecular flexibility index (Phi) is 6.75. The van der Waals surface area contributed by atoms with Gasteiger partial charge in [0.05, 0.1) is 40.5 Å². The maximum atomic E-state index is 5.46. The van der Waals surface area contributed by atoms with E-state index in [4.69, 9.17) is 18.9 Å². The van der Waals surface area contributed by atoms with E-state index in [1.165, 1.54) is 5.56 Å². The van der Waals surface area contributed by atoms with Crippen molar-refractivity contribution in [1.82, 2.24) is 0 Å². The molecule has 5 nitrogen and oxygen atoms in total. The molecule has 2 N–H and O–H groups in total. The third kappa shape index (κ3) is 4.32. The normalized spacial score (nSPS) is 10.3. The zero-order chi connectivity index (χ0) is 17.4. The second kappa shape index (κ2) is 9.03. The molecule has 2 aromatic rings. The van der Waals surface area contributed by atoms with Crippen LogP contribution >= 0.6 is 0 Å². The highest BCUT2D eigenvalue weighted by molar-refractivity contribution is 5.50. The van der Waals surface area contributed by atoms with Crippen molar-refractivity contribution in [1.29, 1.82) is 0 Å². The summed E-state index contributed by atoms with van der Waals surface area (Å²) >= 11 is 0. The van der Waals surface area contributed by atoms with Crippen LogP contribution in [-0.4, -0.2) is 35.0 Å². The van der Waals surface area contributed by atoms with E-state index in [0.29, 0.717) is 11.5 Å². The molecule has 0 aliphatic heterocycles. The first kappa shape index (κ1) is 17.9. The van der Waals surface area contributed by atoms with Gasteiger partial charge in [0, 0.05) is 12.5 Å². The lowest BCUT2D eigenvalue weighted by molar-refractivity contribution is -0.670. The molecule has 0 saturated heterocycles. The van der Waals surface area contributed by atoms with E-state index in [2.05, 4.69) is 11.4 Å². The molecule has 0 fully saturated rings. The van der Waals surface area contributed by atoms with Crippen LogP contribution in [0, 0.1) is 0 Å². The summed E-state index contributed by atoms with van der Waals surface area (Å²) in [6.45, 7) is 1.76. The van der Waals surface area contributed by atoms with Gasteiger partial charge in [0.15, 0.2) is 11.5 Å². The first-order valence-electron chi connectivity index (χ1n) is 7.96. The third-order valence-electron chi connectivity index (χ3n) is 3.96. The van der Waals surface area contributed by atoms with Crippen molar-refractivity contribution in [2.45, 2.75) is 13.0 Å². The van der Waals surface area contributed by atoms with Gasteiger partial charge in [-0.3, -0.25) is 0 Å². The highest BCUT2D eigenvalue weighted by atomic mass is 16.5. The van der Waals surface area contributed by atoms with Gasteiger partial charge in [-0.15, -0.1) is 0 Å². The fraction of sp³-hybridized carbons (Fsp3) is 0.368. The van der Waals surface area contributed by atoms with E-state index in [9.17, 15) is 0 Å². The van der Waals surface area contributed by atoms with Gasteiger partial charge < -0.3 is 24.3 Å². The number of ether oxygens (including phenoxy) is 4. The fourth-order valence-corrected chi connectivity index (χ4v) is 2.68. The lowest BCUT2D eigenvalue weighted by atomic mass is 10.1. The van der Waals surface area contributed by atoms with Crippen LogP contribution in [0.2, 0.25) is 0 Å². The van der Waals surface area contributed by atoms with Crippen LogP contribution in [0.5, 0.6) is 23.0 Å². The van der Waals surface area contributed by atoms with Gasteiger partial charge in [-0.05, 0) is 17.7 Å². The summed E-state index contributed by atoms with van der Waals surface area (Å²) in [5.41, 5.74) is 2.30. The molecule has 24 heavy (non-hydrogen) atoms. The zero-order valence-electron chi connectivity index (χ0n) is 14.8. The van der Waals surface area contributed by atoms with Crippen LogP contribution in [0.3, 0.4) is 0 Å². The van der Waals surface area contributed by atoms with Gasteiger partial charge in [0.25, 0.3) is 0 Å². The minimum atomic E-state index is 0.673. The second-order valence-electron chi connectivity index (χ2n) is 5.36. The van der Waals surface area contributed by atoms with Crippen LogP contribution in [0.1, 0.15) is 11.1 Å². The van der Waals surface area contributed by atoms with Crippen molar-refractivity contribution in [2.24, 2.45) is 0 Å². The van der Waals surface area contributed by atoms with Gasteiger partial charge in [-0.2, -0.15) is 0 Å². The van der Waals surface area contributed by atoms with E-state index in [1.54, 1.807) is 28.4 Å². The summed E-state index contributed by atoms with van der Waals surface area (Å²) < 4.78 is 21.5. The molecular weight excluding hydrogens is 306 g/mol. The average Bonchev–Trinajstić information content (AvgIpc) is 2.64. The summed E-state index contributed by atoms with van der Waals surface area (Å²) in [6, 6.07) is 12.0. The van der Waals surface area contributed by atoms with Crippen LogP contribution < -0.4 is 24.3 Å². The number of quaternary nitrogens is 1. The fourth-order valence-electron chi connectivity index (χ4n) is 2.68. The molecule has 0 radical (unpaired) electrons. The molecule has 0 spiro atoms. The van der Waals surface area contributed by atoms with Gasteiger partial charge in [0.1, 0.15) is 18.0 Å². The Balaban J connectivity index is 1.99. The quantitative estimate of drug-likeness (QED) is 0.714. The number of nitrogens with two attached hydrogens (primary N) is 1. The molecule has 0 heterocycles. The van der Waals surface area contributed by atoms with E-state index < -0.39 is 0 Å². The molecular formula is C19H26NO4+. The van der Waals surface area contributed by atoms with E-state index >= 15 is 0 Å². The number of methoxy groups -OCH3 is 4. The molecule has 0 aliphatic carbocycles. The van der Waals surface area contributed by atoms with Gasteiger partial charge in [-0.1, -0.05) is 18.2 Å². The lowest BCUT2D eigenvalue weighted by Crippen LogP contribution is -2.83.